The summed E-state index contributed by atoms with van der Waals surface area (Å²) in [7, 11) is 0. The van der Waals surface area contributed by atoms with E-state index in [9.17, 15) is 4.79 Å². The zero-order valence-electron chi connectivity index (χ0n) is 14.4. The average molecular weight is 402 g/mol. The fourth-order valence-electron chi connectivity index (χ4n) is 3.60. The molecule has 0 unspecified atom stereocenters. The third-order valence-electron chi connectivity index (χ3n) is 5.10. The van der Waals surface area contributed by atoms with E-state index in [0.29, 0.717) is 6.42 Å². The first-order chi connectivity index (χ1) is 12.0. The van der Waals surface area contributed by atoms with Crippen LogP contribution in [0.2, 0.25) is 0 Å². The van der Waals surface area contributed by atoms with E-state index in [-0.39, 0.29) is 11.8 Å². The van der Waals surface area contributed by atoms with Crippen molar-refractivity contribution in [2.24, 2.45) is 11.7 Å². The maximum absolute atomic E-state index is 12.4. The van der Waals surface area contributed by atoms with E-state index >= 15 is 0 Å². The van der Waals surface area contributed by atoms with Crippen LogP contribution in [0.4, 0.5) is 5.69 Å². The van der Waals surface area contributed by atoms with Crippen molar-refractivity contribution in [1.29, 1.82) is 0 Å². The lowest BCUT2D eigenvalue weighted by molar-refractivity contribution is -0.125. The SMILES string of the molecule is C[C@@H]1CN(Cc2ccccc2)CC[C@]1(Nc1ccc(Br)cc1)C(N)=O. The molecule has 0 saturated carbocycles. The molecule has 1 fully saturated rings. The number of nitrogens with one attached hydrogen (secondary N) is 1. The summed E-state index contributed by atoms with van der Waals surface area (Å²) in [6, 6.07) is 18.3. The summed E-state index contributed by atoms with van der Waals surface area (Å²) < 4.78 is 1.01. The Labute approximate surface area is 157 Å². The van der Waals surface area contributed by atoms with E-state index in [0.717, 1.165) is 29.8 Å². The smallest absolute Gasteiger partial charge is 0.243 e. The third-order valence-corrected chi connectivity index (χ3v) is 5.62. The van der Waals surface area contributed by atoms with Crippen molar-refractivity contribution >= 4 is 27.5 Å². The predicted molar refractivity (Wildman–Crippen MR) is 105 cm³/mol. The molecule has 2 aromatic rings. The number of amides is 1. The first kappa shape index (κ1) is 18.0. The fourth-order valence-corrected chi connectivity index (χ4v) is 3.87. The summed E-state index contributed by atoms with van der Waals surface area (Å²) >= 11 is 3.44. The molecule has 2 atom stereocenters. The number of nitrogens with zero attached hydrogens (tertiary/aromatic N) is 1. The van der Waals surface area contributed by atoms with Crippen LogP contribution in [0.5, 0.6) is 0 Å². The number of rotatable bonds is 5. The molecular weight excluding hydrogens is 378 g/mol. The van der Waals surface area contributed by atoms with Gasteiger partial charge in [0.15, 0.2) is 0 Å². The molecule has 0 aliphatic carbocycles. The molecule has 1 saturated heterocycles. The number of primary amides is 1. The summed E-state index contributed by atoms with van der Waals surface area (Å²) in [6.07, 6.45) is 0.701. The minimum Gasteiger partial charge on any atom is -0.371 e. The summed E-state index contributed by atoms with van der Waals surface area (Å²) in [5, 5.41) is 3.43. The van der Waals surface area contributed by atoms with Gasteiger partial charge in [0.05, 0.1) is 0 Å². The Morgan fingerprint density at radius 2 is 1.92 bits per heavy atom. The van der Waals surface area contributed by atoms with Crippen LogP contribution in [0, 0.1) is 5.92 Å². The van der Waals surface area contributed by atoms with Crippen molar-refractivity contribution in [2.75, 3.05) is 18.4 Å². The second kappa shape index (κ2) is 7.58. The topological polar surface area (TPSA) is 58.4 Å². The highest BCUT2D eigenvalue weighted by Gasteiger charge is 2.45. The second-order valence-electron chi connectivity index (χ2n) is 6.84. The quantitative estimate of drug-likeness (QED) is 0.803. The van der Waals surface area contributed by atoms with Crippen LogP contribution in [-0.2, 0) is 11.3 Å². The Morgan fingerprint density at radius 1 is 1.24 bits per heavy atom. The Morgan fingerprint density at radius 3 is 2.52 bits per heavy atom. The highest BCUT2D eigenvalue weighted by molar-refractivity contribution is 9.10. The van der Waals surface area contributed by atoms with Crippen LogP contribution in [0.25, 0.3) is 0 Å². The van der Waals surface area contributed by atoms with E-state index in [1.165, 1.54) is 5.56 Å². The minimum atomic E-state index is -0.707. The number of hydrogen-bond acceptors (Lipinski definition) is 3. The lowest BCUT2D eigenvalue weighted by Gasteiger charge is -2.45. The predicted octanol–water partition coefficient (Wildman–Crippen LogP) is 3.63. The molecule has 3 rings (SSSR count). The summed E-state index contributed by atoms with van der Waals surface area (Å²) in [6.45, 7) is 4.68. The lowest BCUT2D eigenvalue weighted by atomic mass is 9.77. The summed E-state index contributed by atoms with van der Waals surface area (Å²) in [5.74, 6) is -0.159. The standard InChI is InChI=1S/C20H24BrN3O/c1-15-13-24(14-16-5-3-2-4-6-16)12-11-20(15,19(22)25)23-18-9-7-17(21)8-10-18/h2-10,15,23H,11-14H2,1H3,(H2,22,25)/t15-,20-/m1/s1. The highest BCUT2D eigenvalue weighted by Crippen LogP contribution is 2.32. The van der Waals surface area contributed by atoms with Gasteiger partial charge in [0.1, 0.15) is 5.54 Å². The minimum absolute atomic E-state index is 0.117. The average Bonchev–Trinajstić information content (AvgIpc) is 2.60. The van der Waals surface area contributed by atoms with E-state index in [4.69, 9.17) is 5.73 Å². The van der Waals surface area contributed by atoms with E-state index in [2.05, 4.69) is 57.3 Å². The highest BCUT2D eigenvalue weighted by atomic mass is 79.9. The Kier molecular flexibility index (Phi) is 5.45. The van der Waals surface area contributed by atoms with Gasteiger partial charge in [-0.3, -0.25) is 9.69 Å². The summed E-state index contributed by atoms with van der Waals surface area (Å²) in [5.41, 5.74) is 7.35. The number of nitrogens with two attached hydrogens (primary N) is 1. The molecule has 4 nitrogen and oxygen atoms in total. The molecule has 132 valence electrons. The van der Waals surface area contributed by atoms with Crippen molar-refractivity contribution < 1.29 is 4.79 Å². The van der Waals surface area contributed by atoms with Crippen molar-refractivity contribution in [3.63, 3.8) is 0 Å². The molecule has 0 radical (unpaired) electrons. The van der Waals surface area contributed by atoms with Gasteiger partial charge in [0.2, 0.25) is 5.91 Å². The van der Waals surface area contributed by atoms with Gasteiger partial charge >= 0.3 is 0 Å². The van der Waals surface area contributed by atoms with Crippen LogP contribution in [0.1, 0.15) is 18.9 Å². The van der Waals surface area contributed by atoms with Gasteiger partial charge in [-0.2, -0.15) is 0 Å². The maximum atomic E-state index is 12.4. The second-order valence-corrected chi connectivity index (χ2v) is 7.75. The van der Waals surface area contributed by atoms with E-state index in [1.54, 1.807) is 0 Å². The van der Waals surface area contributed by atoms with Crippen molar-refractivity contribution in [3.05, 3.63) is 64.6 Å². The zero-order valence-corrected chi connectivity index (χ0v) is 16.0. The van der Waals surface area contributed by atoms with Crippen LogP contribution in [0.15, 0.2) is 59.1 Å². The molecular formula is C20H24BrN3O. The fraction of sp³-hybridized carbons (Fsp3) is 0.350. The van der Waals surface area contributed by atoms with Gasteiger partial charge in [-0.1, -0.05) is 53.2 Å². The zero-order chi connectivity index (χ0) is 17.9. The van der Waals surface area contributed by atoms with Crippen LogP contribution in [0.3, 0.4) is 0 Å². The molecule has 3 N–H and O–H groups in total. The Hall–Kier alpha value is -1.85. The maximum Gasteiger partial charge on any atom is 0.243 e. The Balaban J connectivity index is 1.73. The van der Waals surface area contributed by atoms with Gasteiger partial charge in [-0.25, -0.2) is 0 Å². The molecule has 1 amide bonds. The molecule has 5 heteroatoms. The van der Waals surface area contributed by atoms with Gasteiger partial charge in [0, 0.05) is 35.7 Å². The lowest BCUT2D eigenvalue weighted by Crippen LogP contribution is -2.62. The number of anilines is 1. The van der Waals surface area contributed by atoms with Crippen molar-refractivity contribution in [3.8, 4) is 0 Å². The molecule has 0 aromatic heterocycles. The number of halogens is 1. The van der Waals surface area contributed by atoms with Gasteiger partial charge in [-0.05, 0) is 36.2 Å². The van der Waals surface area contributed by atoms with E-state index in [1.807, 2.05) is 30.3 Å². The molecule has 2 aromatic carbocycles. The van der Waals surface area contributed by atoms with Crippen molar-refractivity contribution in [2.45, 2.75) is 25.4 Å². The van der Waals surface area contributed by atoms with Crippen molar-refractivity contribution in [1.82, 2.24) is 4.90 Å². The van der Waals surface area contributed by atoms with Gasteiger partial charge in [-0.15, -0.1) is 0 Å². The van der Waals surface area contributed by atoms with E-state index < -0.39 is 5.54 Å². The monoisotopic (exact) mass is 401 g/mol. The normalized spacial score (nSPS) is 24.0. The van der Waals surface area contributed by atoms with Crippen LogP contribution < -0.4 is 11.1 Å². The van der Waals surface area contributed by atoms with Crippen LogP contribution in [-0.4, -0.2) is 29.4 Å². The first-order valence-electron chi connectivity index (χ1n) is 8.59. The molecule has 0 spiro atoms. The molecule has 25 heavy (non-hydrogen) atoms. The summed E-state index contributed by atoms with van der Waals surface area (Å²) in [4.78, 5) is 14.7. The molecule has 1 aliphatic rings. The number of hydrogen-bond donors (Lipinski definition) is 2. The number of benzene rings is 2. The molecule has 0 bridgehead atoms. The van der Waals surface area contributed by atoms with Gasteiger partial charge in [0.25, 0.3) is 0 Å². The first-order valence-corrected chi connectivity index (χ1v) is 9.39. The third kappa shape index (κ3) is 4.05. The molecule has 1 aliphatic heterocycles. The Bertz CT molecular complexity index is 719. The molecule has 1 heterocycles. The number of likely N-dealkylation sites (tertiary alicyclic amines) is 1. The van der Waals surface area contributed by atoms with Gasteiger partial charge < -0.3 is 11.1 Å². The number of piperidine rings is 1. The largest absolute Gasteiger partial charge is 0.371 e. The van der Waals surface area contributed by atoms with Crippen LogP contribution >= 0.6 is 15.9 Å². The number of carbonyl (C=O) groups is 1. The number of carbonyl (C=O) groups excluding carboxylic acids is 1.